The third-order valence-corrected chi connectivity index (χ3v) is 5.89. The number of aryl methyl sites for hydroxylation is 2. The second kappa shape index (κ2) is 7.35. The van der Waals surface area contributed by atoms with Gasteiger partial charge in [-0.3, -0.25) is 4.90 Å². The Morgan fingerprint density at radius 2 is 1.96 bits per heavy atom. The molecule has 0 saturated carbocycles. The standard InChI is InChI=1S/C18H25N5OS/c1-13-9-19-18(20-10-13)22-5-3-16-17(4-6-22)24-8-7-23(16)11-15-12-25-14(2)21-15/h9-10,12,16-17H,3-8,11H2,1-2H3/t16-,17-/m1/s1. The predicted molar refractivity (Wildman–Crippen MR) is 99.0 cm³/mol. The van der Waals surface area contributed by atoms with E-state index in [0.29, 0.717) is 12.1 Å². The molecule has 0 spiro atoms. The second-order valence-corrected chi connectivity index (χ2v) is 7.99. The molecule has 2 aromatic rings. The van der Waals surface area contributed by atoms with Gasteiger partial charge in [0.2, 0.25) is 5.95 Å². The summed E-state index contributed by atoms with van der Waals surface area (Å²) in [6, 6.07) is 0.450. The first-order chi connectivity index (χ1) is 12.2. The van der Waals surface area contributed by atoms with E-state index in [9.17, 15) is 0 Å². The van der Waals surface area contributed by atoms with Crippen LogP contribution in [0.3, 0.4) is 0 Å². The molecule has 2 aliphatic rings. The van der Waals surface area contributed by atoms with Crippen LogP contribution in [0.4, 0.5) is 5.95 Å². The first-order valence-corrected chi connectivity index (χ1v) is 9.87. The van der Waals surface area contributed by atoms with Crippen LogP contribution in [0.15, 0.2) is 17.8 Å². The van der Waals surface area contributed by atoms with Crippen LogP contribution < -0.4 is 4.90 Å². The van der Waals surface area contributed by atoms with Crippen molar-refractivity contribution in [2.45, 2.75) is 45.4 Å². The van der Waals surface area contributed by atoms with Crippen LogP contribution in [-0.4, -0.2) is 58.2 Å². The highest BCUT2D eigenvalue weighted by atomic mass is 32.1. The Balaban J connectivity index is 1.46. The molecular weight excluding hydrogens is 334 g/mol. The van der Waals surface area contributed by atoms with Crippen LogP contribution in [0.25, 0.3) is 0 Å². The number of ether oxygens (including phenoxy) is 1. The Morgan fingerprint density at radius 1 is 1.16 bits per heavy atom. The summed E-state index contributed by atoms with van der Waals surface area (Å²) in [5, 5.41) is 3.33. The van der Waals surface area contributed by atoms with Crippen molar-refractivity contribution >= 4 is 17.3 Å². The molecule has 0 bridgehead atoms. The van der Waals surface area contributed by atoms with Gasteiger partial charge in [-0.05, 0) is 32.3 Å². The molecule has 2 saturated heterocycles. The molecule has 134 valence electrons. The lowest BCUT2D eigenvalue weighted by Crippen LogP contribution is -2.50. The van der Waals surface area contributed by atoms with Crippen molar-refractivity contribution in [1.82, 2.24) is 19.9 Å². The van der Waals surface area contributed by atoms with Crippen molar-refractivity contribution in [2.75, 3.05) is 31.1 Å². The fourth-order valence-corrected chi connectivity index (χ4v) is 4.40. The molecule has 0 unspecified atom stereocenters. The number of morpholine rings is 1. The van der Waals surface area contributed by atoms with Gasteiger partial charge in [-0.25, -0.2) is 15.0 Å². The van der Waals surface area contributed by atoms with Crippen LogP contribution in [0, 0.1) is 13.8 Å². The van der Waals surface area contributed by atoms with Crippen molar-refractivity contribution < 1.29 is 4.74 Å². The molecule has 0 radical (unpaired) electrons. The summed E-state index contributed by atoms with van der Waals surface area (Å²) in [5.74, 6) is 0.839. The predicted octanol–water partition coefficient (Wildman–Crippen LogP) is 2.42. The minimum atomic E-state index is 0.295. The molecule has 0 amide bonds. The molecule has 0 N–H and O–H groups in total. The number of rotatable bonds is 3. The summed E-state index contributed by atoms with van der Waals surface area (Å²) >= 11 is 1.73. The van der Waals surface area contributed by atoms with Gasteiger partial charge in [0.05, 0.1) is 23.4 Å². The SMILES string of the molecule is Cc1cnc(N2CC[C@@H]3[C@@H](CC2)OCCN3Cc2csc(C)n2)nc1. The molecule has 6 nitrogen and oxygen atoms in total. The quantitative estimate of drug-likeness (QED) is 0.839. The third-order valence-electron chi connectivity index (χ3n) is 5.07. The smallest absolute Gasteiger partial charge is 0.225 e. The minimum absolute atomic E-state index is 0.295. The van der Waals surface area contributed by atoms with E-state index in [1.165, 1.54) is 5.69 Å². The highest BCUT2D eigenvalue weighted by Crippen LogP contribution is 2.26. The van der Waals surface area contributed by atoms with Crippen molar-refractivity contribution in [3.8, 4) is 0 Å². The zero-order valence-corrected chi connectivity index (χ0v) is 15.7. The van der Waals surface area contributed by atoms with Crippen LogP contribution in [0.2, 0.25) is 0 Å². The van der Waals surface area contributed by atoms with Crippen molar-refractivity contribution in [1.29, 1.82) is 0 Å². The second-order valence-electron chi connectivity index (χ2n) is 6.93. The molecule has 2 atom stereocenters. The normalized spacial score (nSPS) is 24.8. The fraction of sp³-hybridized carbons (Fsp3) is 0.611. The Morgan fingerprint density at radius 3 is 2.72 bits per heavy atom. The molecule has 25 heavy (non-hydrogen) atoms. The Hall–Kier alpha value is -1.57. The maximum absolute atomic E-state index is 6.11. The molecule has 0 aliphatic carbocycles. The highest BCUT2D eigenvalue weighted by molar-refractivity contribution is 7.09. The number of anilines is 1. The zero-order chi connectivity index (χ0) is 17.2. The topological polar surface area (TPSA) is 54.4 Å². The molecule has 7 heteroatoms. The Labute approximate surface area is 152 Å². The maximum atomic E-state index is 6.11. The zero-order valence-electron chi connectivity index (χ0n) is 14.9. The van der Waals surface area contributed by atoms with Gasteiger partial charge in [-0.1, -0.05) is 0 Å². The molecule has 2 fully saturated rings. The van der Waals surface area contributed by atoms with E-state index in [-0.39, 0.29) is 0 Å². The Bertz CT molecular complexity index is 704. The number of hydrogen-bond donors (Lipinski definition) is 0. The molecule has 4 rings (SSSR count). The van der Waals surface area contributed by atoms with E-state index in [4.69, 9.17) is 4.74 Å². The van der Waals surface area contributed by atoms with E-state index in [1.54, 1.807) is 11.3 Å². The largest absolute Gasteiger partial charge is 0.375 e. The fourth-order valence-electron chi connectivity index (χ4n) is 3.79. The number of hydrogen-bond acceptors (Lipinski definition) is 7. The van der Waals surface area contributed by atoms with E-state index in [2.05, 4.69) is 37.1 Å². The summed E-state index contributed by atoms with van der Waals surface area (Å²) in [4.78, 5) is 18.5. The maximum Gasteiger partial charge on any atom is 0.225 e. The van der Waals surface area contributed by atoms with Crippen LogP contribution in [0.1, 0.15) is 29.1 Å². The first kappa shape index (κ1) is 16.9. The van der Waals surface area contributed by atoms with Gasteiger partial charge in [-0.15, -0.1) is 11.3 Å². The van der Waals surface area contributed by atoms with Gasteiger partial charge in [0.1, 0.15) is 0 Å². The lowest BCUT2D eigenvalue weighted by atomic mass is 10.0. The molecule has 2 aliphatic heterocycles. The van der Waals surface area contributed by atoms with Crippen molar-refractivity contribution in [3.05, 3.63) is 34.0 Å². The van der Waals surface area contributed by atoms with Gasteiger partial charge in [0.25, 0.3) is 0 Å². The van der Waals surface area contributed by atoms with Crippen molar-refractivity contribution in [2.24, 2.45) is 0 Å². The summed E-state index contributed by atoms with van der Waals surface area (Å²) in [6.07, 6.45) is 6.19. The Kier molecular flexibility index (Phi) is 4.96. The van der Waals surface area contributed by atoms with Crippen molar-refractivity contribution in [3.63, 3.8) is 0 Å². The lowest BCUT2D eigenvalue weighted by molar-refractivity contribution is -0.0749. The van der Waals surface area contributed by atoms with Crippen LogP contribution in [-0.2, 0) is 11.3 Å². The number of thiazole rings is 1. The number of nitrogens with zero attached hydrogens (tertiary/aromatic N) is 5. The van der Waals surface area contributed by atoms with Gasteiger partial charge in [0, 0.05) is 50.0 Å². The third kappa shape index (κ3) is 3.83. The van der Waals surface area contributed by atoms with E-state index in [0.717, 1.165) is 62.1 Å². The molecular formula is C18H25N5OS. The molecule has 4 heterocycles. The van der Waals surface area contributed by atoms with Gasteiger partial charge >= 0.3 is 0 Å². The summed E-state index contributed by atoms with van der Waals surface area (Å²) < 4.78 is 6.11. The molecule has 0 aromatic carbocycles. The molecule has 2 aromatic heterocycles. The highest BCUT2D eigenvalue weighted by Gasteiger charge is 2.35. The van der Waals surface area contributed by atoms with Crippen LogP contribution >= 0.6 is 11.3 Å². The average molecular weight is 359 g/mol. The van der Waals surface area contributed by atoms with E-state index in [1.807, 2.05) is 19.3 Å². The minimum Gasteiger partial charge on any atom is -0.375 e. The monoisotopic (exact) mass is 359 g/mol. The van der Waals surface area contributed by atoms with Crippen LogP contribution in [0.5, 0.6) is 0 Å². The number of fused-ring (bicyclic) bond motifs is 1. The summed E-state index contributed by atoms with van der Waals surface area (Å²) in [6.45, 7) is 8.74. The van der Waals surface area contributed by atoms with E-state index >= 15 is 0 Å². The average Bonchev–Trinajstić information content (AvgIpc) is 2.90. The summed E-state index contributed by atoms with van der Waals surface area (Å²) in [7, 11) is 0. The van der Waals surface area contributed by atoms with Gasteiger partial charge in [0.15, 0.2) is 0 Å². The van der Waals surface area contributed by atoms with Gasteiger partial charge < -0.3 is 9.64 Å². The van der Waals surface area contributed by atoms with E-state index < -0.39 is 0 Å². The van der Waals surface area contributed by atoms with Gasteiger partial charge in [-0.2, -0.15) is 0 Å². The summed E-state index contributed by atoms with van der Waals surface area (Å²) in [5.41, 5.74) is 2.28. The number of aromatic nitrogens is 3. The lowest BCUT2D eigenvalue weighted by Gasteiger charge is -2.40. The first-order valence-electron chi connectivity index (χ1n) is 8.99.